The van der Waals surface area contributed by atoms with Crippen molar-refractivity contribution in [2.45, 2.75) is 25.9 Å². The first-order valence-corrected chi connectivity index (χ1v) is 5.44. The molecule has 0 fully saturated rings. The molecule has 0 saturated carbocycles. The standard InChI is InChI=1S/C12H18N2O3/c1-9(6-12(15)17-3)14-8-10-4-5-13-11(7-10)16-2/h4-5,7,9,14H,6,8H2,1-3H3. The fraction of sp³-hybridized carbons (Fsp3) is 0.500. The second-order valence-electron chi connectivity index (χ2n) is 3.77. The van der Waals surface area contributed by atoms with Gasteiger partial charge in [0.2, 0.25) is 5.88 Å². The van der Waals surface area contributed by atoms with E-state index >= 15 is 0 Å². The molecule has 1 N–H and O–H groups in total. The summed E-state index contributed by atoms with van der Waals surface area (Å²) in [4.78, 5) is 15.1. The summed E-state index contributed by atoms with van der Waals surface area (Å²) >= 11 is 0. The van der Waals surface area contributed by atoms with E-state index in [1.54, 1.807) is 13.3 Å². The molecule has 1 unspecified atom stereocenters. The largest absolute Gasteiger partial charge is 0.481 e. The van der Waals surface area contributed by atoms with Crippen LogP contribution < -0.4 is 10.1 Å². The van der Waals surface area contributed by atoms with Crippen molar-refractivity contribution in [3.63, 3.8) is 0 Å². The second-order valence-corrected chi connectivity index (χ2v) is 3.77. The number of esters is 1. The molecule has 1 aromatic rings. The summed E-state index contributed by atoms with van der Waals surface area (Å²) in [6.07, 6.45) is 2.06. The van der Waals surface area contributed by atoms with Crippen LogP contribution in [0.5, 0.6) is 5.88 Å². The molecule has 0 aromatic carbocycles. The van der Waals surface area contributed by atoms with Crippen molar-refractivity contribution in [2.24, 2.45) is 0 Å². The van der Waals surface area contributed by atoms with Gasteiger partial charge in [-0.2, -0.15) is 0 Å². The number of carbonyl (C=O) groups excluding carboxylic acids is 1. The van der Waals surface area contributed by atoms with Gasteiger partial charge in [0.1, 0.15) is 0 Å². The molecule has 17 heavy (non-hydrogen) atoms. The smallest absolute Gasteiger partial charge is 0.307 e. The third kappa shape index (κ3) is 4.82. The third-order valence-electron chi connectivity index (χ3n) is 2.36. The number of ether oxygens (including phenoxy) is 2. The quantitative estimate of drug-likeness (QED) is 0.753. The average molecular weight is 238 g/mol. The first kappa shape index (κ1) is 13.4. The SMILES string of the molecule is COC(=O)CC(C)NCc1ccnc(OC)c1. The van der Waals surface area contributed by atoms with E-state index in [9.17, 15) is 4.79 Å². The lowest BCUT2D eigenvalue weighted by Crippen LogP contribution is -2.28. The molecule has 1 aromatic heterocycles. The van der Waals surface area contributed by atoms with Gasteiger partial charge in [-0.05, 0) is 18.6 Å². The lowest BCUT2D eigenvalue weighted by molar-refractivity contribution is -0.141. The van der Waals surface area contributed by atoms with Gasteiger partial charge in [0.05, 0.1) is 20.6 Å². The summed E-state index contributed by atoms with van der Waals surface area (Å²) in [6.45, 7) is 2.60. The first-order valence-electron chi connectivity index (χ1n) is 5.44. The Morgan fingerprint density at radius 3 is 2.94 bits per heavy atom. The minimum Gasteiger partial charge on any atom is -0.481 e. The average Bonchev–Trinajstić information content (AvgIpc) is 2.36. The van der Waals surface area contributed by atoms with Gasteiger partial charge >= 0.3 is 5.97 Å². The van der Waals surface area contributed by atoms with Crippen LogP contribution in [0.25, 0.3) is 0 Å². The fourth-order valence-electron chi connectivity index (χ4n) is 1.37. The Labute approximate surface area is 101 Å². The molecular weight excluding hydrogens is 220 g/mol. The van der Waals surface area contributed by atoms with Crippen LogP contribution in [-0.4, -0.2) is 31.2 Å². The van der Waals surface area contributed by atoms with Gasteiger partial charge < -0.3 is 14.8 Å². The minimum atomic E-state index is -0.211. The van der Waals surface area contributed by atoms with Gasteiger partial charge in [0.25, 0.3) is 0 Å². The van der Waals surface area contributed by atoms with Crippen LogP contribution in [0.15, 0.2) is 18.3 Å². The Kier molecular flexibility index (Phi) is 5.42. The van der Waals surface area contributed by atoms with E-state index in [2.05, 4.69) is 15.0 Å². The number of hydrogen-bond acceptors (Lipinski definition) is 5. The van der Waals surface area contributed by atoms with Gasteiger partial charge in [-0.1, -0.05) is 0 Å². The van der Waals surface area contributed by atoms with E-state index in [4.69, 9.17) is 4.74 Å². The van der Waals surface area contributed by atoms with Crippen molar-refractivity contribution in [3.8, 4) is 5.88 Å². The zero-order valence-electron chi connectivity index (χ0n) is 10.4. The van der Waals surface area contributed by atoms with Crippen molar-refractivity contribution in [2.75, 3.05) is 14.2 Å². The fourth-order valence-corrected chi connectivity index (χ4v) is 1.37. The van der Waals surface area contributed by atoms with E-state index in [-0.39, 0.29) is 12.0 Å². The van der Waals surface area contributed by atoms with Crippen molar-refractivity contribution in [1.29, 1.82) is 0 Å². The monoisotopic (exact) mass is 238 g/mol. The van der Waals surface area contributed by atoms with Crippen LogP contribution in [-0.2, 0) is 16.1 Å². The zero-order chi connectivity index (χ0) is 12.7. The number of hydrogen-bond donors (Lipinski definition) is 1. The van der Waals surface area contributed by atoms with Crippen LogP contribution in [0.1, 0.15) is 18.9 Å². The van der Waals surface area contributed by atoms with Crippen molar-refractivity contribution >= 4 is 5.97 Å². The molecule has 5 heteroatoms. The normalized spacial score (nSPS) is 11.9. The maximum absolute atomic E-state index is 11.0. The van der Waals surface area contributed by atoms with Crippen LogP contribution in [0.3, 0.4) is 0 Å². The molecule has 0 aliphatic carbocycles. The first-order chi connectivity index (χ1) is 8.15. The number of methoxy groups -OCH3 is 2. The summed E-state index contributed by atoms with van der Waals surface area (Å²) in [7, 11) is 2.97. The highest BCUT2D eigenvalue weighted by atomic mass is 16.5. The maximum atomic E-state index is 11.0. The molecule has 0 bridgehead atoms. The van der Waals surface area contributed by atoms with E-state index in [1.165, 1.54) is 7.11 Å². The molecule has 0 radical (unpaired) electrons. The van der Waals surface area contributed by atoms with E-state index < -0.39 is 0 Å². The number of aromatic nitrogens is 1. The van der Waals surface area contributed by atoms with Crippen LogP contribution >= 0.6 is 0 Å². The summed E-state index contributed by atoms with van der Waals surface area (Å²) in [5, 5.41) is 3.23. The zero-order valence-corrected chi connectivity index (χ0v) is 10.4. The Balaban J connectivity index is 2.41. The van der Waals surface area contributed by atoms with Gasteiger partial charge in [-0.15, -0.1) is 0 Å². The lowest BCUT2D eigenvalue weighted by atomic mass is 10.2. The highest BCUT2D eigenvalue weighted by Gasteiger charge is 2.08. The molecule has 0 amide bonds. The number of rotatable bonds is 6. The molecule has 0 saturated heterocycles. The number of pyridine rings is 1. The second kappa shape index (κ2) is 6.85. The lowest BCUT2D eigenvalue weighted by Gasteiger charge is -2.12. The summed E-state index contributed by atoms with van der Waals surface area (Å²) < 4.78 is 9.63. The van der Waals surface area contributed by atoms with Crippen molar-refractivity contribution in [1.82, 2.24) is 10.3 Å². The Morgan fingerprint density at radius 1 is 1.53 bits per heavy atom. The highest BCUT2D eigenvalue weighted by molar-refractivity contribution is 5.69. The highest BCUT2D eigenvalue weighted by Crippen LogP contribution is 2.08. The third-order valence-corrected chi connectivity index (χ3v) is 2.36. The van der Waals surface area contributed by atoms with E-state index in [0.29, 0.717) is 18.8 Å². The van der Waals surface area contributed by atoms with Crippen LogP contribution in [0.2, 0.25) is 0 Å². The summed E-state index contributed by atoms with van der Waals surface area (Å²) in [6, 6.07) is 3.83. The Hall–Kier alpha value is -1.62. The number of carbonyl (C=O) groups is 1. The molecule has 0 aliphatic heterocycles. The molecule has 0 spiro atoms. The summed E-state index contributed by atoms with van der Waals surface area (Å²) in [5.74, 6) is 0.377. The molecule has 5 nitrogen and oxygen atoms in total. The predicted molar refractivity (Wildman–Crippen MR) is 63.7 cm³/mol. The Morgan fingerprint density at radius 2 is 2.29 bits per heavy atom. The summed E-state index contributed by atoms with van der Waals surface area (Å²) in [5.41, 5.74) is 1.06. The number of nitrogens with zero attached hydrogens (tertiary/aromatic N) is 1. The van der Waals surface area contributed by atoms with Gasteiger partial charge in [0, 0.05) is 24.8 Å². The maximum Gasteiger partial charge on any atom is 0.307 e. The van der Waals surface area contributed by atoms with Crippen molar-refractivity contribution < 1.29 is 14.3 Å². The molecule has 1 rings (SSSR count). The molecule has 1 atom stereocenters. The minimum absolute atomic E-state index is 0.0709. The van der Waals surface area contributed by atoms with Crippen molar-refractivity contribution in [3.05, 3.63) is 23.9 Å². The molecule has 94 valence electrons. The van der Waals surface area contributed by atoms with E-state index in [0.717, 1.165) is 5.56 Å². The topological polar surface area (TPSA) is 60.5 Å². The van der Waals surface area contributed by atoms with Gasteiger partial charge in [-0.25, -0.2) is 4.98 Å². The van der Waals surface area contributed by atoms with Gasteiger partial charge in [-0.3, -0.25) is 4.79 Å². The molecule has 1 heterocycles. The molecule has 0 aliphatic rings. The van der Waals surface area contributed by atoms with Crippen LogP contribution in [0.4, 0.5) is 0 Å². The number of nitrogens with one attached hydrogen (secondary N) is 1. The van der Waals surface area contributed by atoms with E-state index in [1.807, 2.05) is 19.1 Å². The van der Waals surface area contributed by atoms with Crippen LogP contribution in [0, 0.1) is 0 Å². The molecular formula is C12H18N2O3. The van der Waals surface area contributed by atoms with Gasteiger partial charge in [0.15, 0.2) is 0 Å². The Bertz CT molecular complexity index is 369. The predicted octanol–water partition coefficient (Wildman–Crippen LogP) is 1.13.